The Balaban J connectivity index is 2.08. The molecule has 0 aromatic carbocycles. The van der Waals surface area contributed by atoms with Gasteiger partial charge in [0, 0.05) is 19.1 Å². The van der Waals surface area contributed by atoms with Crippen LogP contribution in [0.15, 0.2) is 0 Å². The number of hydrogen-bond acceptors (Lipinski definition) is 6. The molecule has 1 aliphatic rings. The zero-order valence-corrected chi connectivity index (χ0v) is 13.5. The Morgan fingerprint density at radius 3 is 2.67 bits per heavy atom. The summed E-state index contributed by atoms with van der Waals surface area (Å²) >= 11 is 1.20. The summed E-state index contributed by atoms with van der Waals surface area (Å²) in [7, 11) is 1.72. The van der Waals surface area contributed by atoms with E-state index in [1.54, 1.807) is 11.9 Å². The summed E-state index contributed by atoms with van der Waals surface area (Å²) in [5.41, 5.74) is 5.64. The van der Waals surface area contributed by atoms with Crippen LogP contribution in [0, 0.1) is 0 Å². The predicted molar refractivity (Wildman–Crippen MR) is 83.4 cm³/mol. The van der Waals surface area contributed by atoms with Crippen molar-refractivity contribution in [1.29, 1.82) is 0 Å². The molecule has 2 heterocycles. The van der Waals surface area contributed by atoms with Crippen molar-refractivity contribution in [2.75, 3.05) is 24.6 Å². The summed E-state index contributed by atoms with van der Waals surface area (Å²) in [4.78, 5) is 30.1. The molecule has 1 atom stereocenters. The highest BCUT2D eigenvalue weighted by Crippen LogP contribution is 2.27. The summed E-state index contributed by atoms with van der Waals surface area (Å²) in [6.07, 6.45) is 0.618. The lowest BCUT2D eigenvalue weighted by atomic mass is 10.1. The van der Waals surface area contributed by atoms with Crippen molar-refractivity contribution in [3.05, 3.63) is 4.88 Å². The van der Waals surface area contributed by atoms with E-state index in [-0.39, 0.29) is 23.2 Å². The Hall–Kier alpha value is -1.83. The van der Waals surface area contributed by atoms with Gasteiger partial charge in [-0.2, -0.15) is 0 Å². The molecule has 4 N–H and O–H groups in total. The van der Waals surface area contributed by atoms with E-state index in [1.807, 2.05) is 20.8 Å². The number of carbonyl (C=O) groups excluding carboxylic acids is 2. The molecule has 7 nitrogen and oxygen atoms in total. The second-order valence-electron chi connectivity index (χ2n) is 6.18. The maximum Gasteiger partial charge on any atom is 0.265 e. The zero-order chi connectivity index (χ0) is 15.8. The maximum absolute atomic E-state index is 12.2. The lowest BCUT2D eigenvalue weighted by molar-refractivity contribution is -0.128. The van der Waals surface area contributed by atoms with Gasteiger partial charge < -0.3 is 21.3 Å². The summed E-state index contributed by atoms with van der Waals surface area (Å²) in [5, 5.41) is 6.50. The third-order valence-corrected chi connectivity index (χ3v) is 4.06. The lowest BCUT2D eigenvalue weighted by Gasteiger charge is -2.19. The van der Waals surface area contributed by atoms with Crippen LogP contribution in [0.3, 0.4) is 0 Å². The first kappa shape index (κ1) is 15.6. The second-order valence-corrected chi connectivity index (χ2v) is 7.18. The molecule has 0 aliphatic carbocycles. The standard InChI is InChI=1S/C13H21N5O2S/c1-13(2,3)17-12-16-9(14)8(21-12)10(19)15-7-5-6-18(4)11(7)20/h7H,5-6,14H2,1-4H3,(H,15,19)(H,16,17). The normalized spacial score (nSPS) is 19.0. The quantitative estimate of drug-likeness (QED) is 0.770. The number of anilines is 2. The summed E-state index contributed by atoms with van der Waals surface area (Å²) in [5.74, 6) is -0.233. The molecule has 1 aliphatic heterocycles. The van der Waals surface area contributed by atoms with Crippen LogP contribution in [0.5, 0.6) is 0 Å². The molecule has 8 heteroatoms. The van der Waals surface area contributed by atoms with Crippen molar-refractivity contribution >= 4 is 34.1 Å². The number of amides is 2. The smallest absolute Gasteiger partial charge is 0.265 e. The molecule has 2 amide bonds. The molecule has 116 valence electrons. The molecule has 0 bridgehead atoms. The van der Waals surface area contributed by atoms with Crippen LogP contribution in [0.1, 0.15) is 36.9 Å². The Morgan fingerprint density at radius 2 is 2.14 bits per heavy atom. The summed E-state index contributed by atoms with van der Waals surface area (Å²) in [6.45, 7) is 6.64. The van der Waals surface area contributed by atoms with E-state index in [0.717, 1.165) is 0 Å². The molecule has 1 unspecified atom stereocenters. The Morgan fingerprint density at radius 1 is 1.48 bits per heavy atom. The summed E-state index contributed by atoms with van der Waals surface area (Å²) < 4.78 is 0. The molecule has 1 aromatic heterocycles. The predicted octanol–water partition coefficient (Wildman–Crippen LogP) is 0.896. The molecule has 2 rings (SSSR count). The third-order valence-electron chi connectivity index (χ3n) is 3.07. The number of rotatable bonds is 3. The Kier molecular flexibility index (Phi) is 4.08. The van der Waals surface area contributed by atoms with Gasteiger partial charge in [-0.15, -0.1) is 0 Å². The van der Waals surface area contributed by atoms with Gasteiger partial charge in [-0.3, -0.25) is 9.59 Å². The van der Waals surface area contributed by atoms with Gasteiger partial charge in [-0.05, 0) is 27.2 Å². The minimum Gasteiger partial charge on any atom is -0.382 e. The number of thiazole rings is 1. The molecule has 21 heavy (non-hydrogen) atoms. The average molecular weight is 311 g/mol. The van der Waals surface area contributed by atoms with Crippen LogP contribution in [0.2, 0.25) is 0 Å². The molecule has 0 radical (unpaired) electrons. The van der Waals surface area contributed by atoms with Crippen LogP contribution >= 0.6 is 11.3 Å². The molecule has 0 saturated carbocycles. The highest BCUT2D eigenvalue weighted by atomic mass is 32.1. The van der Waals surface area contributed by atoms with E-state index < -0.39 is 6.04 Å². The van der Waals surface area contributed by atoms with Gasteiger partial charge in [-0.25, -0.2) is 4.98 Å². The van der Waals surface area contributed by atoms with Gasteiger partial charge in [0.05, 0.1) is 0 Å². The van der Waals surface area contributed by atoms with E-state index in [1.165, 1.54) is 11.3 Å². The SMILES string of the molecule is CN1CCC(NC(=O)c2sc(NC(C)(C)C)nc2N)C1=O. The molecular weight excluding hydrogens is 290 g/mol. The minimum absolute atomic E-state index is 0.0699. The van der Waals surface area contributed by atoms with Gasteiger partial charge in [0.2, 0.25) is 5.91 Å². The topological polar surface area (TPSA) is 100 Å². The van der Waals surface area contributed by atoms with E-state index in [4.69, 9.17) is 5.73 Å². The van der Waals surface area contributed by atoms with Crippen molar-refractivity contribution < 1.29 is 9.59 Å². The second kappa shape index (κ2) is 5.51. The van der Waals surface area contributed by atoms with Gasteiger partial charge in [-0.1, -0.05) is 11.3 Å². The van der Waals surface area contributed by atoms with Crippen LogP contribution in [-0.4, -0.2) is 46.9 Å². The number of hydrogen-bond donors (Lipinski definition) is 3. The summed E-state index contributed by atoms with van der Waals surface area (Å²) in [6, 6.07) is -0.469. The van der Waals surface area contributed by atoms with E-state index in [2.05, 4.69) is 15.6 Å². The molecule has 1 aromatic rings. The maximum atomic E-state index is 12.2. The number of carbonyl (C=O) groups is 2. The number of nitrogens with two attached hydrogens (primary N) is 1. The van der Waals surface area contributed by atoms with Gasteiger partial charge in [0.25, 0.3) is 5.91 Å². The van der Waals surface area contributed by atoms with E-state index in [9.17, 15) is 9.59 Å². The number of aromatic nitrogens is 1. The van der Waals surface area contributed by atoms with Gasteiger partial charge in [0.1, 0.15) is 16.7 Å². The third kappa shape index (κ3) is 3.63. The average Bonchev–Trinajstić information content (AvgIpc) is 2.84. The fraction of sp³-hybridized carbons (Fsp3) is 0.615. The number of likely N-dealkylation sites (tertiary alicyclic amines) is 1. The van der Waals surface area contributed by atoms with Crippen LogP contribution in [0.4, 0.5) is 10.9 Å². The molecule has 1 fully saturated rings. The fourth-order valence-electron chi connectivity index (χ4n) is 2.05. The number of nitrogens with zero attached hydrogens (tertiary/aromatic N) is 2. The zero-order valence-electron chi connectivity index (χ0n) is 12.7. The fourth-order valence-corrected chi connectivity index (χ4v) is 3.05. The first-order chi connectivity index (χ1) is 9.67. The first-order valence-corrected chi connectivity index (χ1v) is 7.59. The minimum atomic E-state index is -0.469. The molecule has 0 spiro atoms. The van der Waals surface area contributed by atoms with E-state index >= 15 is 0 Å². The van der Waals surface area contributed by atoms with Crippen LogP contribution < -0.4 is 16.4 Å². The lowest BCUT2D eigenvalue weighted by Crippen LogP contribution is -2.40. The van der Waals surface area contributed by atoms with Crippen LogP contribution in [0.25, 0.3) is 0 Å². The Labute approximate surface area is 127 Å². The van der Waals surface area contributed by atoms with Gasteiger partial charge >= 0.3 is 0 Å². The van der Waals surface area contributed by atoms with Gasteiger partial charge in [0.15, 0.2) is 5.13 Å². The van der Waals surface area contributed by atoms with Crippen molar-refractivity contribution in [3.8, 4) is 0 Å². The number of nitrogens with one attached hydrogen (secondary N) is 2. The first-order valence-electron chi connectivity index (χ1n) is 6.78. The highest BCUT2D eigenvalue weighted by Gasteiger charge is 2.31. The van der Waals surface area contributed by atoms with Crippen molar-refractivity contribution in [1.82, 2.24) is 15.2 Å². The van der Waals surface area contributed by atoms with Crippen molar-refractivity contribution in [2.24, 2.45) is 0 Å². The molecule has 1 saturated heterocycles. The van der Waals surface area contributed by atoms with Crippen LogP contribution in [-0.2, 0) is 4.79 Å². The number of likely N-dealkylation sites (N-methyl/N-ethyl adjacent to an activating group) is 1. The molecular formula is C13H21N5O2S. The monoisotopic (exact) mass is 311 g/mol. The van der Waals surface area contributed by atoms with E-state index in [0.29, 0.717) is 23.0 Å². The van der Waals surface area contributed by atoms with Crippen molar-refractivity contribution in [3.63, 3.8) is 0 Å². The largest absolute Gasteiger partial charge is 0.382 e. The highest BCUT2D eigenvalue weighted by molar-refractivity contribution is 7.18. The number of nitrogen functional groups attached to an aromatic ring is 1. The van der Waals surface area contributed by atoms with Crippen molar-refractivity contribution in [2.45, 2.75) is 38.8 Å². The Bertz CT molecular complexity index is 563.